The number of benzene rings is 1. The molecule has 0 bridgehead atoms. The molecule has 0 spiro atoms. The lowest BCUT2D eigenvalue weighted by molar-refractivity contribution is -0.384. The molecule has 0 aliphatic heterocycles. The Morgan fingerprint density at radius 3 is 2.88 bits per heavy atom. The normalized spacial score (nSPS) is 13.3. The molecule has 7 heteroatoms. The Balaban J connectivity index is 1.62. The van der Waals surface area contributed by atoms with Crippen LogP contribution in [0.4, 0.5) is 5.69 Å². The van der Waals surface area contributed by atoms with Gasteiger partial charge >= 0.3 is 0 Å². The molecule has 2 aromatic rings. The number of hydrogen-bond acceptors (Lipinski definition) is 5. The van der Waals surface area contributed by atoms with Crippen molar-refractivity contribution in [1.29, 1.82) is 0 Å². The first kappa shape index (κ1) is 16.9. The fourth-order valence-corrected chi connectivity index (χ4v) is 2.37. The summed E-state index contributed by atoms with van der Waals surface area (Å²) in [6.45, 7) is 2.72. The van der Waals surface area contributed by atoms with Gasteiger partial charge in [-0.3, -0.25) is 14.9 Å². The Labute approximate surface area is 145 Å². The van der Waals surface area contributed by atoms with Gasteiger partial charge in [-0.2, -0.15) is 0 Å². The number of nitro groups is 1. The van der Waals surface area contributed by atoms with E-state index in [2.05, 4.69) is 10.3 Å². The molecule has 0 saturated heterocycles. The molecule has 1 amide bonds. The van der Waals surface area contributed by atoms with Gasteiger partial charge in [0.05, 0.1) is 11.5 Å². The van der Waals surface area contributed by atoms with Crippen LogP contribution in [0, 0.1) is 23.0 Å². The Bertz CT molecular complexity index is 803. The molecule has 25 heavy (non-hydrogen) atoms. The summed E-state index contributed by atoms with van der Waals surface area (Å²) in [5, 5.41) is 13.7. The number of nitro benzene ring substituents is 1. The minimum atomic E-state index is -0.511. The van der Waals surface area contributed by atoms with E-state index in [0.717, 1.165) is 5.56 Å². The number of pyridine rings is 1. The van der Waals surface area contributed by atoms with Crippen molar-refractivity contribution in [3.8, 4) is 5.88 Å². The molecule has 1 saturated carbocycles. The second kappa shape index (κ2) is 7.29. The SMILES string of the molecule is Cc1ccc([N+](=O)[O-])cc1C(=O)NCc1ccnc(OCC2CC2)c1. The zero-order valence-corrected chi connectivity index (χ0v) is 13.9. The van der Waals surface area contributed by atoms with E-state index < -0.39 is 4.92 Å². The number of hydrogen-bond donors (Lipinski definition) is 1. The summed E-state index contributed by atoms with van der Waals surface area (Å²) in [4.78, 5) is 26.9. The molecule has 1 aliphatic carbocycles. The molecule has 0 radical (unpaired) electrons. The topological polar surface area (TPSA) is 94.4 Å². The molecule has 0 unspecified atom stereocenters. The van der Waals surface area contributed by atoms with Gasteiger partial charge in [-0.15, -0.1) is 0 Å². The quantitative estimate of drug-likeness (QED) is 0.617. The number of carbonyl (C=O) groups is 1. The molecule has 1 N–H and O–H groups in total. The van der Waals surface area contributed by atoms with Crippen LogP contribution in [0.15, 0.2) is 36.5 Å². The van der Waals surface area contributed by atoms with Crippen molar-refractivity contribution in [2.45, 2.75) is 26.3 Å². The van der Waals surface area contributed by atoms with E-state index >= 15 is 0 Å². The van der Waals surface area contributed by atoms with Crippen LogP contribution in [-0.2, 0) is 6.54 Å². The zero-order valence-electron chi connectivity index (χ0n) is 13.9. The molecule has 3 rings (SSSR count). The molecular weight excluding hydrogens is 322 g/mol. The van der Waals surface area contributed by atoms with Crippen molar-refractivity contribution < 1.29 is 14.5 Å². The average Bonchev–Trinajstić information content (AvgIpc) is 3.43. The Hall–Kier alpha value is -2.96. The van der Waals surface area contributed by atoms with E-state index in [1.54, 1.807) is 31.3 Å². The molecular formula is C18H19N3O4. The highest BCUT2D eigenvalue weighted by molar-refractivity contribution is 5.96. The number of aryl methyl sites for hydroxylation is 1. The molecule has 130 valence electrons. The summed E-state index contributed by atoms with van der Waals surface area (Å²) >= 11 is 0. The van der Waals surface area contributed by atoms with Crippen molar-refractivity contribution in [3.63, 3.8) is 0 Å². The Morgan fingerprint density at radius 1 is 1.36 bits per heavy atom. The van der Waals surface area contributed by atoms with Gasteiger partial charge in [0, 0.05) is 36.5 Å². The highest BCUT2D eigenvalue weighted by Gasteiger charge is 2.22. The Kier molecular flexibility index (Phi) is 4.92. The third kappa shape index (κ3) is 4.53. The number of nitrogens with zero attached hydrogens (tertiary/aromatic N) is 2. The summed E-state index contributed by atoms with van der Waals surface area (Å²) < 4.78 is 5.62. The number of amides is 1. The lowest BCUT2D eigenvalue weighted by Crippen LogP contribution is -2.23. The number of carbonyl (C=O) groups excluding carboxylic acids is 1. The van der Waals surface area contributed by atoms with E-state index in [1.165, 1.54) is 25.0 Å². The molecule has 1 aromatic heterocycles. The van der Waals surface area contributed by atoms with Crippen LogP contribution >= 0.6 is 0 Å². The Morgan fingerprint density at radius 2 is 2.16 bits per heavy atom. The van der Waals surface area contributed by atoms with Gasteiger partial charge in [-0.05, 0) is 42.9 Å². The van der Waals surface area contributed by atoms with Crippen LogP contribution < -0.4 is 10.1 Å². The zero-order chi connectivity index (χ0) is 17.8. The number of rotatable bonds is 7. The fraction of sp³-hybridized carbons (Fsp3) is 0.333. The highest BCUT2D eigenvalue weighted by Crippen LogP contribution is 2.29. The summed E-state index contributed by atoms with van der Waals surface area (Å²) in [7, 11) is 0. The summed E-state index contributed by atoms with van der Waals surface area (Å²) in [6, 6.07) is 7.84. The minimum Gasteiger partial charge on any atom is -0.477 e. The maximum Gasteiger partial charge on any atom is 0.270 e. The first-order valence-electron chi connectivity index (χ1n) is 8.14. The summed E-state index contributed by atoms with van der Waals surface area (Å²) in [6.07, 6.45) is 4.05. The minimum absolute atomic E-state index is 0.101. The highest BCUT2D eigenvalue weighted by atomic mass is 16.6. The van der Waals surface area contributed by atoms with Gasteiger partial charge in [0.2, 0.25) is 5.88 Å². The second-order valence-electron chi connectivity index (χ2n) is 6.20. The predicted molar refractivity (Wildman–Crippen MR) is 91.5 cm³/mol. The van der Waals surface area contributed by atoms with Crippen LogP contribution in [0.3, 0.4) is 0 Å². The van der Waals surface area contributed by atoms with Crippen molar-refractivity contribution >= 4 is 11.6 Å². The van der Waals surface area contributed by atoms with Gasteiger partial charge in [0.15, 0.2) is 0 Å². The first-order valence-corrected chi connectivity index (χ1v) is 8.14. The third-order valence-corrected chi connectivity index (χ3v) is 4.09. The largest absolute Gasteiger partial charge is 0.477 e. The second-order valence-corrected chi connectivity index (χ2v) is 6.20. The fourth-order valence-electron chi connectivity index (χ4n) is 2.37. The molecule has 7 nitrogen and oxygen atoms in total. The van der Waals surface area contributed by atoms with Gasteiger partial charge < -0.3 is 10.1 Å². The van der Waals surface area contributed by atoms with Crippen LogP contribution in [0.5, 0.6) is 5.88 Å². The molecule has 1 heterocycles. The predicted octanol–water partition coefficient (Wildman–Crippen LogP) is 3.02. The van der Waals surface area contributed by atoms with Crippen LogP contribution in [0.1, 0.15) is 34.3 Å². The first-order chi connectivity index (χ1) is 12.0. The smallest absolute Gasteiger partial charge is 0.270 e. The number of non-ortho nitro benzene ring substituents is 1. The monoisotopic (exact) mass is 341 g/mol. The number of nitrogens with one attached hydrogen (secondary N) is 1. The third-order valence-electron chi connectivity index (χ3n) is 4.09. The van der Waals surface area contributed by atoms with Crippen molar-refractivity contribution in [2.75, 3.05) is 6.61 Å². The van der Waals surface area contributed by atoms with E-state index in [0.29, 0.717) is 36.1 Å². The summed E-state index contributed by atoms with van der Waals surface area (Å²) in [5.74, 6) is 0.839. The lowest BCUT2D eigenvalue weighted by atomic mass is 10.1. The molecule has 1 aromatic carbocycles. The van der Waals surface area contributed by atoms with Gasteiger partial charge in [-0.1, -0.05) is 6.07 Å². The van der Waals surface area contributed by atoms with Gasteiger partial charge in [0.25, 0.3) is 11.6 Å². The van der Waals surface area contributed by atoms with Crippen LogP contribution in [0.2, 0.25) is 0 Å². The van der Waals surface area contributed by atoms with E-state index in [1.807, 2.05) is 0 Å². The van der Waals surface area contributed by atoms with E-state index in [9.17, 15) is 14.9 Å². The molecule has 1 aliphatic rings. The van der Waals surface area contributed by atoms with E-state index in [4.69, 9.17) is 4.74 Å². The van der Waals surface area contributed by atoms with Crippen molar-refractivity contribution in [2.24, 2.45) is 5.92 Å². The standard InChI is InChI=1S/C18H19N3O4/c1-12-2-5-15(21(23)24)9-16(12)18(22)20-10-14-6-7-19-17(8-14)25-11-13-3-4-13/h2,5-9,13H,3-4,10-11H2,1H3,(H,20,22). The maximum atomic E-state index is 12.3. The van der Waals surface area contributed by atoms with Crippen LogP contribution in [-0.4, -0.2) is 22.4 Å². The van der Waals surface area contributed by atoms with Gasteiger partial charge in [-0.25, -0.2) is 4.98 Å². The van der Waals surface area contributed by atoms with E-state index in [-0.39, 0.29) is 11.6 Å². The van der Waals surface area contributed by atoms with Crippen molar-refractivity contribution in [3.05, 3.63) is 63.3 Å². The number of aromatic nitrogens is 1. The molecule has 0 atom stereocenters. The molecule has 1 fully saturated rings. The lowest BCUT2D eigenvalue weighted by Gasteiger charge is -2.09. The van der Waals surface area contributed by atoms with Crippen LogP contribution in [0.25, 0.3) is 0 Å². The number of ether oxygens (including phenoxy) is 1. The van der Waals surface area contributed by atoms with Gasteiger partial charge in [0.1, 0.15) is 0 Å². The summed E-state index contributed by atoms with van der Waals surface area (Å²) in [5.41, 5.74) is 1.74. The average molecular weight is 341 g/mol. The van der Waals surface area contributed by atoms with Crippen molar-refractivity contribution in [1.82, 2.24) is 10.3 Å². The maximum absolute atomic E-state index is 12.3.